The van der Waals surface area contributed by atoms with Crippen molar-refractivity contribution in [3.63, 3.8) is 0 Å². The predicted octanol–water partition coefficient (Wildman–Crippen LogP) is 4.90. The lowest BCUT2D eigenvalue weighted by atomic mass is 10.1. The molecule has 140 valence electrons. The summed E-state index contributed by atoms with van der Waals surface area (Å²) in [5, 5.41) is 3.28. The summed E-state index contributed by atoms with van der Waals surface area (Å²) < 4.78 is 6.57. The number of halogens is 1. The van der Waals surface area contributed by atoms with Gasteiger partial charge in [-0.25, -0.2) is 0 Å². The smallest absolute Gasteiger partial charge is 0.260 e. The summed E-state index contributed by atoms with van der Waals surface area (Å²) in [6.45, 7) is 8.48. The SMILES string of the molecule is Cc1sc(NC(=O)c2cc(Br)ccc2OCCC(C)C)c(C(N)=O)c1C. The first-order valence-electron chi connectivity index (χ1n) is 8.34. The molecule has 0 saturated carbocycles. The zero-order valence-electron chi connectivity index (χ0n) is 15.3. The summed E-state index contributed by atoms with van der Waals surface area (Å²) in [7, 11) is 0. The van der Waals surface area contributed by atoms with Gasteiger partial charge in [-0.3, -0.25) is 9.59 Å². The van der Waals surface area contributed by atoms with E-state index in [1.165, 1.54) is 11.3 Å². The molecular formula is C19H23BrN2O3S. The number of anilines is 1. The Bertz CT molecular complexity index is 830. The maximum atomic E-state index is 12.8. The molecule has 0 aliphatic carbocycles. The fourth-order valence-corrected chi connectivity index (χ4v) is 3.81. The van der Waals surface area contributed by atoms with Crippen LogP contribution in [0.25, 0.3) is 0 Å². The Hall–Kier alpha value is -1.86. The number of amides is 2. The lowest BCUT2D eigenvalue weighted by molar-refractivity contribution is 0.100. The van der Waals surface area contributed by atoms with Crippen LogP contribution >= 0.6 is 27.3 Å². The summed E-state index contributed by atoms with van der Waals surface area (Å²) in [4.78, 5) is 25.5. The molecule has 3 N–H and O–H groups in total. The molecule has 1 heterocycles. The number of nitrogens with one attached hydrogen (secondary N) is 1. The van der Waals surface area contributed by atoms with Gasteiger partial charge in [-0.05, 0) is 49.9 Å². The molecule has 0 aliphatic rings. The monoisotopic (exact) mass is 438 g/mol. The van der Waals surface area contributed by atoms with Crippen molar-refractivity contribution in [3.8, 4) is 5.75 Å². The number of ether oxygens (including phenoxy) is 1. The summed E-state index contributed by atoms with van der Waals surface area (Å²) in [5.41, 5.74) is 7.03. The molecule has 0 atom stereocenters. The van der Waals surface area contributed by atoms with Crippen LogP contribution in [-0.4, -0.2) is 18.4 Å². The molecule has 2 rings (SSSR count). The first-order valence-corrected chi connectivity index (χ1v) is 9.95. The van der Waals surface area contributed by atoms with Gasteiger partial charge in [0, 0.05) is 9.35 Å². The van der Waals surface area contributed by atoms with E-state index in [4.69, 9.17) is 10.5 Å². The van der Waals surface area contributed by atoms with Crippen LogP contribution in [0, 0.1) is 19.8 Å². The van der Waals surface area contributed by atoms with E-state index < -0.39 is 5.91 Å². The van der Waals surface area contributed by atoms with Crippen LogP contribution in [0.3, 0.4) is 0 Å². The Morgan fingerprint density at radius 1 is 1.31 bits per heavy atom. The quantitative estimate of drug-likeness (QED) is 0.644. The van der Waals surface area contributed by atoms with Crippen LogP contribution in [0.4, 0.5) is 5.00 Å². The molecule has 0 saturated heterocycles. The fraction of sp³-hybridized carbons (Fsp3) is 0.368. The second kappa shape index (κ2) is 8.68. The van der Waals surface area contributed by atoms with Gasteiger partial charge in [-0.15, -0.1) is 11.3 Å². The van der Waals surface area contributed by atoms with Crippen molar-refractivity contribution in [1.29, 1.82) is 0 Å². The predicted molar refractivity (Wildman–Crippen MR) is 109 cm³/mol. The highest BCUT2D eigenvalue weighted by molar-refractivity contribution is 9.10. The third kappa shape index (κ3) is 4.86. The molecule has 2 aromatic rings. The van der Waals surface area contributed by atoms with Crippen molar-refractivity contribution in [1.82, 2.24) is 0 Å². The highest BCUT2D eigenvalue weighted by atomic mass is 79.9. The first-order chi connectivity index (χ1) is 12.2. The van der Waals surface area contributed by atoms with E-state index in [0.29, 0.717) is 34.4 Å². The summed E-state index contributed by atoms with van der Waals surface area (Å²) in [5.74, 6) is 0.134. The number of primary amides is 1. The van der Waals surface area contributed by atoms with E-state index in [0.717, 1.165) is 21.3 Å². The summed E-state index contributed by atoms with van der Waals surface area (Å²) in [6, 6.07) is 5.30. The highest BCUT2D eigenvalue weighted by Gasteiger charge is 2.21. The molecule has 1 aromatic carbocycles. The van der Waals surface area contributed by atoms with Crippen LogP contribution in [0.2, 0.25) is 0 Å². The minimum atomic E-state index is -0.551. The third-order valence-corrected chi connectivity index (χ3v) is 5.61. The van der Waals surface area contributed by atoms with E-state index >= 15 is 0 Å². The van der Waals surface area contributed by atoms with Crippen molar-refractivity contribution in [2.45, 2.75) is 34.1 Å². The molecular weight excluding hydrogens is 416 g/mol. The molecule has 7 heteroatoms. The van der Waals surface area contributed by atoms with Gasteiger partial charge < -0.3 is 15.8 Å². The van der Waals surface area contributed by atoms with Crippen molar-refractivity contribution < 1.29 is 14.3 Å². The van der Waals surface area contributed by atoms with Gasteiger partial charge in [0.15, 0.2) is 0 Å². The largest absolute Gasteiger partial charge is 0.493 e. The molecule has 0 spiro atoms. The molecule has 26 heavy (non-hydrogen) atoms. The van der Waals surface area contributed by atoms with Crippen LogP contribution in [0.15, 0.2) is 22.7 Å². The van der Waals surface area contributed by atoms with Crippen molar-refractivity contribution in [2.24, 2.45) is 11.7 Å². The normalized spacial score (nSPS) is 10.8. The Morgan fingerprint density at radius 3 is 2.62 bits per heavy atom. The number of carbonyl (C=O) groups excluding carboxylic acids is 2. The Morgan fingerprint density at radius 2 is 2.00 bits per heavy atom. The molecule has 2 amide bonds. The molecule has 1 aromatic heterocycles. The molecule has 0 radical (unpaired) electrons. The summed E-state index contributed by atoms with van der Waals surface area (Å²) in [6.07, 6.45) is 0.895. The highest BCUT2D eigenvalue weighted by Crippen LogP contribution is 2.33. The second-order valence-corrected chi connectivity index (χ2v) is 8.62. The van der Waals surface area contributed by atoms with Crippen LogP contribution < -0.4 is 15.8 Å². The van der Waals surface area contributed by atoms with Gasteiger partial charge in [-0.2, -0.15) is 0 Å². The minimum absolute atomic E-state index is 0.338. The van der Waals surface area contributed by atoms with Gasteiger partial charge in [0.25, 0.3) is 11.8 Å². The third-order valence-electron chi connectivity index (χ3n) is 4.00. The molecule has 0 unspecified atom stereocenters. The van der Waals surface area contributed by atoms with E-state index in [1.807, 2.05) is 19.9 Å². The molecule has 0 aliphatic heterocycles. The molecule has 0 bridgehead atoms. The Kier molecular flexibility index (Phi) is 6.83. The van der Waals surface area contributed by atoms with Gasteiger partial charge in [0.05, 0.1) is 17.7 Å². The lowest BCUT2D eigenvalue weighted by Gasteiger charge is -2.13. The number of hydrogen-bond acceptors (Lipinski definition) is 4. The van der Waals surface area contributed by atoms with Crippen molar-refractivity contribution >= 4 is 44.1 Å². The van der Waals surface area contributed by atoms with Gasteiger partial charge >= 0.3 is 0 Å². The van der Waals surface area contributed by atoms with E-state index in [-0.39, 0.29) is 5.91 Å². The number of benzene rings is 1. The zero-order valence-corrected chi connectivity index (χ0v) is 17.7. The van der Waals surface area contributed by atoms with Gasteiger partial charge in [0.1, 0.15) is 10.8 Å². The number of hydrogen-bond donors (Lipinski definition) is 2. The molecule has 5 nitrogen and oxygen atoms in total. The van der Waals surface area contributed by atoms with Gasteiger partial charge in [0.2, 0.25) is 0 Å². The number of carbonyl (C=O) groups is 2. The maximum Gasteiger partial charge on any atom is 0.260 e. The van der Waals surface area contributed by atoms with Crippen LogP contribution in [0.5, 0.6) is 5.75 Å². The van der Waals surface area contributed by atoms with Crippen molar-refractivity contribution in [3.05, 3.63) is 44.2 Å². The standard InChI is InChI=1S/C19H23BrN2O3S/c1-10(2)7-8-25-15-6-5-13(20)9-14(15)18(24)22-19-16(17(21)23)11(3)12(4)26-19/h5-6,9-10H,7-8H2,1-4H3,(H2,21,23)(H,22,24). The lowest BCUT2D eigenvalue weighted by Crippen LogP contribution is -2.18. The fourth-order valence-electron chi connectivity index (χ4n) is 2.39. The Labute approximate surface area is 166 Å². The average Bonchev–Trinajstić information content (AvgIpc) is 2.82. The topological polar surface area (TPSA) is 81.4 Å². The van der Waals surface area contributed by atoms with E-state index in [2.05, 4.69) is 35.1 Å². The zero-order chi connectivity index (χ0) is 19.4. The number of rotatable bonds is 7. The maximum absolute atomic E-state index is 12.8. The molecule has 0 fully saturated rings. The number of nitrogens with two attached hydrogens (primary N) is 1. The van der Waals surface area contributed by atoms with Crippen LogP contribution in [0.1, 0.15) is 51.4 Å². The van der Waals surface area contributed by atoms with Crippen molar-refractivity contribution in [2.75, 3.05) is 11.9 Å². The van der Waals surface area contributed by atoms with Crippen LogP contribution in [-0.2, 0) is 0 Å². The number of aryl methyl sites for hydroxylation is 1. The van der Waals surface area contributed by atoms with Gasteiger partial charge in [-0.1, -0.05) is 29.8 Å². The van der Waals surface area contributed by atoms with E-state index in [9.17, 15) is 9.59 Å². The number of thiophene rings is 1. The van der Waals surface area contributed by atoms with E-state index in [1.54, 1.807) is 12.1 Å². The Balaban J connectivity index is 2.28. The average molecular weight is 439 g/mol. The second-order valence-electron chi connectivity index (χ2n) is 6.48. The first kappa shape index (κ1) is 20.5. The minimum Gasteiger partial charge on any atom is -0.493 e. The summed E-state index contributed by atoms with van der Waals surface area (Å²) >= 11 is 4.73.